The number of nitrogens with one attached hydrogen (secondary N) is 1. The van der Waals surface area contributed by atoms with Crippen LogP contribution in [0.25, 0.3) is 11.2 Å². The van der Waals surface area contributed by atoms with Crippen LogP contribution in [0.3, 0.4) is 0 Å². The highest BCUT2D eigenvalue weighted by molar-refractivity contribution is 5.70. The van der Waals surface area contributed by atoms with Crippen molar-refractivity contribution >= 4 is 17.3 Å². The van der Waals surface area contributed by atoms with Gasteiger partial charge in [0.15, 0.2) is 5.65 Å². The highest BCUT2D eigenvalue weighted by atomic mass is 16.6. The molecule has 5 rings (SSSR count). The minimum atomic E-state index is -0.526. The fraction of sp³-hybridized carbons (Fsp3) is 0.636. The molecule has 0 spiro atoms. The Morgan fingerprint density at radius 3 is 2.63 bits per heavy atom. The first-order chi connectivity index (χ1) is 14.1. The summed E-state index contributed by atoms with van der Waals surface area (Å²) in [6.45, 7) is 8.47. The van der Waals surface area contributed by atoms with Crippen LogP contribution in [0.1, 0.15) is 58.6 Å². The number of carbonyl (C=O) groups is 1. The van der Waals surface area contributed by atoms with Gasteiger partial charge in [-0.1, -0.05) is 0 Å². The molecule has 2 aromatic heterocycles. The van der Waals surface area contributed by atoms with Crippen LogP contribution in [0.2, 0.25) is 0 Å². The minimum Gasteiger partial charge on any atom is -0.444 e. The zero-order valence-electron chi connectivity index (χ0n) is 18.2. The van der Waals surface area contributed by atoms with Crippen LogP contribution in [-0.4, -0.2) is 44.0 Å². The molecule has 0 unspecified atom stereocenters. The number of pyridine rings is 1. The van der Waals surface area contributed by atoms with Gasteiger partial charge in [-0.2, -0.15) is 0 Å². The van der Waals surface area contributed by atoms with E-state index < -0.39 is 11.7 Å². The van der Waals surface area contributed by atoms with E-state index in [-0.39, 0.29) is 16.7 Å². The molecule has 2 aliphatic heterocycles. The predicted octanol–water partition coefficient (Wildman–Crippen LogP) is 3.10. The molecule has 1 saturated carbocycles. The molecule has 3 fully saturated rings. The van der Waals surface area contributed by atoms with Crippen molar-refractivity contribution in [3.05, 3.63) is 34.4 Å². The van der Waals surface area contributed by atoms with E-state index in [2.05, 4.69) is 15.3 Å². The Balaban J connectivity index is 1.44. The molecule has 8 nitrogen and oxygen atoms in total. The van der Waals surface area contributed by atoms with Crippen LogP contribution in [0.4, 0.5) is 4.79 Å². The summed E-state index contributed by atoms with van der Waals surface area (Å²) in [5.74, 6) is 0. The van der Waals surface area contributed by atoms with Gasteiger partial charge >= 0.3 is 6.09 Å². The average Bonchev–Trinajstić information content (AvgIpc) is 2.67. The first kappa shape index (κ1) is 20.8. The van der Waals surface area contributed by atoms with Crippen LogP contribution in [0, 0.1) is 6.92 Å². The monoisotopic (exact) mass is 414 g/mol. The van der Waals surface area contributed by atoms with E-state index in [0.29, 0.717) is 24.3 Å². The number of nitrogens with zero attached hydrogens (tertiary/aromatic N) is 3. The number of amides is 1. The molecule has 2 saturated heterocycles. The third-order valence-electron chi connectivity index (χ3n) is 6.16. The Morgan fingerprint density at radius 1 is 1.27 bits per heavy atom. The highest BCUT2D eigenvalue weighted by Gasteiger charge is 2.50. The third-order valence-corrected chi connectivity index (χ3v) is 6.16. The predicted molar refractivity (Wildman–Crippen MR) is 112 cm³/mol. The van der Waals surface area contributed by atoms with E-state index in [1.807, 2.05) is 39.8 Å². The Labute approximate surface area is 176 Å². The van der Waals surface area contributed by atoms with Crippen molar-refractivity contribution in [2.45, 2.75) is 83.1 Å². The topological polar surface area (TPSA) is 95.3 Å². The number of aromatic nitrogens is 3. The third kappa shape index (κ3) is 4.19. The largest absolute Gasteiger partial charge is 0.444 e. The molecule has 1 aliphatic carbocycles. The van der Waals surface area contributed by atoms with E-state index in [1.54, 1.807) is 4.57 Å². The van der Waals surface area contributed by atoms with Crippen molar-refractivity contribution in [1.29, 1.82) is 0 Å². The molecule has 4 heterocycles. The Morgan fingerprint density at radius 2 is 2.00 bits per heavy atom. The fourth-order valence-corrected chi connectivity index (χ4v) is 4.43. The molecule has 0 radical (unpaired) electrons. The summed E-state index contributed by atoms with van der Waals surface area (Å²) in [4.78, 5) is 33.4. The molecule has 8 heteroatoms. The number of hydrogen-bond donors (Lipinski definition) is 1. The van der Waals surface area contributed by atoms with Crippen LogP contribution in [-0.2, 0) is 16.0 Å². The zero-order chi connectivity index (χ0) is 21.6. The molecule has 3 aliphatic rings. The van der Waals surface area contributed by atoms with Gasteiger partial charge in [-0.3, -0.25) is 9.36 Å². The SMILES string of the molecule is Cc1ccc2ncc(=O)n(CCC34CCC(NC(=O)OC(C)(C)C)(CC3)CO4)c2n1. The lowest BCUT2D eigenvalue weighted by molar-refractivity contribution is -0.165. The van der Waals surface area contributed by atoms with Crippen molar-refractivity contribution < 1.29 is 14.3 Å². The molecule has 2 bridgehead atoms. The second-order valence-corrected chi connectivity index (χ2v) is 9.67. The normalized spacial score (nSPS) is 26.0. The van der Waals surface area contributed by atoms with Crippen LogP contribution >= 0.6 is 0 Å². The van der Waals surface area contributed by atoms with E-state index in [1.165, 1.54) is 6.20 Å². The van der Waals surface area contributed by atoms with Gasteiger partial charge in [0.1, 0.15) is 11.1 Å². The summed E-state index contributed by atoms with van der Waals surface area (Å²) in [6.07, 6.45) is 5.06. The maximum atomic E-state index is 12.5. The molecule has 2 aromatic rings. The van der Waals surface area contributed by atoms with Gasteiger partial charge in [0.25, 0.3) is 5.56 Å². The molecule has 162 valence electrons. The van der Waals surface area contributed by atoms with Crippen molar-refractivity contribution in [3.8, 4) is 0 Å². The Bertz CT molecular complexity index is 999. The maximum Gasteiger partial charge on any atom is 0.408 e. The molecule has 1 N–H and O–H groups in total. The lowest BCUT2D eigenvalue weighted by atomic mass is 9.70. The van der Waals surface area contributed by atoms with E-state index in [9.17, 15) is 9.59 Å². The van der Waals surface area contributed by atoms with Gasteiger partial charge in [-0.15, -0.1) is 0 Å². The zero-order valence-corrected chi connectivity index (χ0v) is 18.2. The number of carbonyl (C=O) groups excluding carboxylic acids is 1. The Hall–Kier alpha value is -2.48. The van der Waals surface area contributed by atoms with Gasteiger partial charge < -0.3 is 14.8 Å². The lowest BCUT2D eigenvalue weighted by Crippen LogP contribution is -2.63. The summed E-state index contributed by atoms with van der Waals surface area (Å²) < 4.78 is 13.4. The standard InChI is InChI=1S/C22H30N4O4/c1-15-5-6-16-18(24-15)26(17(27)13-23-16)12-11-22-9-7-21(8-10-22,14-29-22)25-19(28)30-20(2,3)4/h5-6,13H,7-12,14H2,1-4H3,(H,25,28). The summed E-state index contributed by atoms with van der Waals surface area (Å²) in [5, 5.41) is 3.05. The molecule has 0 aromatic carbocycles. The number of fused-ring (bicyclic) bond motifs is 4. The summed E-state index contributed by atoms with van der Waals surface area (Å²) >= 11 is 0. The van der Waals surface area contributed by atoms with Gasteiger partial charge in [0, 0.05) is 12.2 Å². The van der Waals surface area contributed by atoms with Gasteiger partial charge in [0.05, 0.1) is 23.9 Å². The van der Waals surface area contributed by atoms with Crippen molar-refractivity contribution in [3.63, 3.8) is 0 Å². The number of alkyl carbamates (subject to hydrolysis) is 1. The number of ether oxygens (including phenoxy) is 2. The maximum absolute atomic E-state index is 12.5. The molecule has 0 atom stereocenters. The molecular weight excluding hydrogens is 384 g/mol. The first-order valence-electron chi connectivity index (χ1n) is 10.6. The van der Waals surface area contributed by atoms with E-state index in [0.717, 1.165) is 37.8 Å². The van der Waals surface area contributed by atoms with E-state index in [4.69, 9.17) is 9.47 Å². The number of aryl methyl sites for hydroxylation is 2. The van der Waals surface area contributed by atoms with Gasteiger partial charge in [-0.25, -0.2) is 14.8 Å². The summed E-state index contributed by atoms with van der Waals surface area (Å²) in [7, 11) is 0. The second kappa shape index (κ2) is 7.34. The molecule has 30 heavy (non-hydrogen) atoms. The van der Waals surface area contributed by atoms with E-state index >= 15 is 0 Å². The van der Waals surface area contributed by atoms with Gasteiger partial charge in [0.2, 0.25) is 0 Å². The summed E-state index contributed by atoms with van der Waals surface area (Å²) in [6, 6.07) is 3.78. The van der Waals surface area contributed by atoms with Crippen LogP contribution < -0.4 is 10.9 Å². The second-order valence-electron chi connectivity index (χ2n) is 9.67. The van der Waals surface area contributed by atoms with Crippen LogP contribution in [0.5, 0.6) is 0 Å². The number of rotatable bonds is 4. The summed E-state index contributed by atoms with van der Waals surface area (Å²) in [5.41, 5.74) is 0.884. The minimum absolute atomic E-state index is 0.149. The lowest BCUT2D eigenvalue weighted by Gasteiger charge is -2.53. The quantitative estimate of drug-likeness (QED) is 0.826. The first-order valence-corrected chi connectivity index (χ1v) is 10.6. The molecular formula is C22H30N4O4. The number of hydrogen-bond acceptors (Lipinski definition) is 6. The highest BCUT2D eigenvalue weighted by Crippen LogP contribution is 2.45. The molecule has 1 amide bonds. The average molecular weight is 415 g/mol. The fourth-order valence-electron chi connectivity index (χ4n) is 4.43. The van der Waals surface area contributed by atoms with Crippen molar-refractivity contribution in [2.24, 2.45) is 0 Å². The van der Waals surface area contributed by atoms with Crippen molar-refractivity contribution in [1.82, 2.24) is 19.9 Å². The van der Waals surface area contributed by atoms with Crippen molar-refractivity contribution in [2.75, 3.05) is 6.61 Å². The van der Waals surface area contributed by atoms with Gasteiger partial charge in [-0.05, 0) is 71.9 Å². The van der Waals surface area contributed by atoms with Crippen LogP contribution in [0.15, 0.2) is 23.1 Å². The smallest absolute Gasteiger partial charge is 0.408 e. The Kier molecular flexibility index (Phi) is 5.08.